The molecule has 0 radical (unpaired) electrons. The number of hydrogen-bond donors (Lipinski definition) is 1. The highest BCUT2D eigenvalue weighted by Crippen LogP contribution is 2.42. The van der Waals surface area contributed by atoms with Crippen LogP contribution in [0.2, 0.25) is 0 Å². The van der Waals surface area contributed by atoms with Gasteiger partial charge < -0.3 is 5.32 Å². The van der Waals surface area contributed by atoms with Crippen LogP contribution in [0.1, 0.15) is 38.3 Å². The van der Waals surface area contributed by atoms with E-state index in [4.69, 9.17) is 0 Å². The second-order valence-electron chi connectivity index (χ2n) is 5.45. The fraction of sp³-hybridized carbons (Fsp3) is 0.571. The Morgan fingerprint density at radius 3 is 2.33 bits per heavy atom. The topological polar surface area (TPSA) is 12.0 Å². The minimum absolute atomic E-state index is 0.194. The van der Waals surface area contributed by atoms with Crippen molar-refractivity contribution in [1.29, 1.82) is 0 Å². The second kappa shape index (κ2) is 3.34. The van der Waals surface area contributed by atoms with E-state index in [9.17, 15) is 0 Å². The maximum absolute atomic E-state index is 3.61. The molecular formula is C14H21N. The number of rotatable bonds is 1. The average Bonchev–Trinajstić information content (AvgIpc) is 2.43. The maximum atomic E-state index is 3.61. The van der Waals surface area contributed by atoms with Crippen LogP contribution < -0.4 is 5.32 Å². The van der Waals surface area contributed by atoms with Gasteiger partial charge >= 0.3 is 0 Å². The van der Waals surface area contributed by atoms with Crippen LogP contribution in [0.15, 0.2) is 24.3 Å². The lowest BCUT2D eigenvalue weighted by atomic mass is 9.68. The zero-order chi connectivity index (χ0) is 11.1. The lowest BCUT2D eigenvalue weighted by Gasteiger charge is -2.39. The van der Waals surface area contributed by atoms with Gasteiger partial charge in [-0.2, -0.15) is 0 Å². The van der Waals surface area contributed by atoms with Gasteiger partial charge in [0.05, 0.1) is 0 Å². The zero-order valence-electron chi connectivity index (χ0n) is 10.2. The lowest BCUT2D eigenvalue weighted by molar-refractivity contribution is 0.296. The maximum Gasteiger partial charge on any atom is 0.0219 e. The van der Waals surface area contributed by atoms with E-state index in [1.165, 1.54) is 17.5 Å². The molecule has 15 heavy (non-hydrogen) atoms. The molecule has 1 heteroatoms. The third kappa shape index (κ3) is 1.50. The average molecular weight is 203 g/mol. The highest BCUT2D eigenvalue weighted by atomic mass is 15.0. The largest absolute Gasteiger partial charge is 0.311 e. The quantitative estimate of drug-likeness (QED) is 0.740. The molecule has 1 aliphatic heterocycles. The first-order valence-electron chi connectivity index (χ1n) is 5.78. The molecule has 1 nitrogen and oxygen atoms in total. The molecule has 0 aliphatic carbocycles. The van der Waals surface area contributed by atoms with Crippen molar-refractivity contribution in [2.45, 2.75) is 45.1 Å². The molecule has 82 valence electrons. The van der Waals surface area contributed by atoms with Crippen molar-refractivity contribution >= 4 is 0 Å². The van der Waals surface area contributed by atoms with Gasteiger partial charge in [0.25, 0.3) is 0 Å². The summed E-state index contributed by atoms with van der Waals surface area (Å²) in [7, 11) is 0. The van der Waals surface area contributed by atoms with Gasteiger partial charge in [-0.15, -0.1) is 0 Å². The highest BCUT2D eigenvalue weighted by molar-refractivity contribution is 5.37. The number of aryl methyl sites for hydroxylation is 1. The van der Waals surface area contributed by atoms with Crippen molar-refractivity contribution in [3.8, 4) is 0 Å². The molecule has 1 fully saturated rings. The van der Waals surface area contributed by atoms with Gasteiger partial charge in [-0.3, -0.25) is 0 Å². The van der Waals surface area contributed by atoms with E-state index in [1.54, 1.807) is 0 Å². The normalized spacial score (nSPS) is 29.3. The van der Waals surface area contributed by atoms with Crippen molar-refractivity contribution in [2.75, 3.05) is 6.54 Å². The van der Waals surface area contributed by atoms with Crippen LogP contribution in [0.3, 0.4) is 0 Å². The zero-order valence-corrected chi connectivity index (χ0v) is 10.2. The van der Waals surface area contributed by atoms with Crippen LogP contribution >= 0.6 is 0 Å². The molecular weight excluding hydrogens is 182 g/mol. The van der Waals surface area contributed by atoms with Crippen LogP contribution in [-0.4, -0.2) is 12.1 Å². The van der Waals surface area contributed by atoms with Crippen LogP contribution in [0, 0.1) is 6.92 Å². The predicted octanol–water partition coefficient (Wildman–Crippen LogP) is 3.02. The Balaban J connectivity index is 2.50. The summed E-state index contributed by atoms with van der Waals surface area (Å²) in [6.45, 7) is 10.3. The van der Waals surface area contributed by atoms with E-state index in [0.29, 0.717) is 0 Å². The summed E-state index contributed by atoms with van der Waals surface area (Å²) in [6.07, 6.45) is 1.23. The van der Waals surface area contributed by atoms with E-state index in [1.807, 2.05) is 0 Å². The molecule has 1 saturated heterocycles. The Kier molecular flexibility index (Phi) is 2.38. The number of nitrogens with one attached hydrogen (secondary N) is 1. The number of benzene rings is 1. The third-order valence-electron chi connectivity index (χ3n) is 4.31. The van der Waals surface area contributed by atoms with E-state index in [0.717, 1.165) is 6.54 Å². The molecule has 1 aliphatic rings. The first-order valence-corrected chi connectivity index (χ1v) is 5.78. The molecule has 1 atom stereocenters. The summed E-state index contributed by atoms with van der Waals surface area (Å²) >= 11 is 0. The summed E-state index contributed by atoms with van der Waals surface area (Å²) in [5.41, 5.74) is 3.37. The molecule has 0 spiro atoms. The van der Waals surface area contributed by atoms with Gasteiger partial charge in [-0.25, -0.2) is 0 Å². The van der Waals surface area contributed by atoms with Gasteiger partial charge in [-0.1, -0.05) is 31.2 Å². The van der Waals surface area contributed by atoms with Crippen molar-refractivity contribution < 1.29 is 0 Å². The summed E-state index contributed by atoms with van der Waals surface area (Å²) in [5.74, 6) is 0. The van der Waals surface area contributed by atoms with Crippen LogP contribution in [-0.2, 0) is 5.41 Å². The smallest absolute Gasteiger partial charge is 0.0219 e. The van der Waals surface area contributed by atoms with Gasteiger partial charge in [0.2, 0.25) is 0 Å². The first-order chi connectivity index (χ1) is 6.97. The minimum Gasteiger partial charge on any atom is -0.311 e. The predicted molar refractivity (Wildman–Crippen MR) is 65.2 cm³/mol. The summed E-state index contributed by atoms with van der Waals surface area (Å²) in [4.78, 5) is 0. The molecule has 0 bridgehead atoms. The molecule has 1 aromatic carbocycles. The summed E-state index contributed by atoms with van der Waals surface area (Å²) in [6, 6.07) is 8.78. The minimum atomic E-state index is 0.194. The Morgan fingerprint density at radius 1 is 1.13 bits per heavy atom. The molecule has 2 rings (SSSR count). The van der Waals surface area contributed by atoms with Crippen molar-refractivity contribution in [1.82, 2.24) is 5.32 Å². The van der Waals surface area contributed by atoms with Crippen molar-refractivity contribution in [3.05, 3.63) is 35.4 Å². The van der Waals surface area contributed by atoms with Gasteiger partial charge in [0.1, 0.15) is 0 Å². The third-order valence-corrected chi connectivity index (χ3v) is 4.31. The van der Waals surface area contributed by atoms with Crippen LogP contribution in [0.25, 0.3) is 0 Å². The molecule has 1 unspecified atom stereocenters. The Morgan fingerprint density at radius 2 is 1.80 bits per heavy atom. The van der Waals surface area contributed by atoms with Crippen LogP contribution in [0.4, 0.5) is 0 Å². The molecule has 0 amide bonds. The molecule has 1 heterocycles. The summed E-state index contributed by atoms with van der Waals surface area (Å²) in [5, 5.41) is 3.61. The lowest BCUT2D eigenvalue weighted by Crippen LogP contribution is -2.48. The molecule has 1 N–H and O–H groups in total. The van der Waals surface area contributed by atoms with Crippen molar-refractivity contribution in [2.24, 2.45) is 0 Å². The standard InChI is InChI=1S/C14H21N/c1-11-7-5-6-8-12(11)14(4)9-10-15-13(14,2)3/h5-8,15H,9-10H2,1-4H3. The van der Waals surface area contributed by atoms with E-state index >= 15 is 0 Å². The van der Waals surface area contributed by atoms with E-state index in [2.05, 4.69) is 57.3 Å². The second-order valence-corrected chi connectivity index (χ2v) is 5.45. The fourth-order valence-corrected chi connectivity index (χ4v) is 2.80. The Labute approximate surface area is 92.9 Å². The monoisotopic (exact) mass is 203 g/mol. The van der Waals surface area contributed by atoms with Gasteiger partial charge in [0.15, 0.2) is 0 Å². The fourth-order valence-electron chi connectivity index (χ4n) is 2.80. The van der Waals surface area contributed by atoms with E-state index < -0.39 is 0 Å². The Bertz CT molecular complexity index is 367. The molecule has 1 aromatic rings. The van der Waals surface area contributed by atoms with E-state index in [-0.39, 0.29) is 11.0 Å². The summed E-state index contributed by atoms with van der Waals surface area (Å²) < 4.78 is 0. The van der Waals surface area contributed by atoms with Gasteiger partial charge in [0, 0.05) is 11.0 Å². The first kappa shape index (κ1) is 10.7. The van der Waals surface area contributed by atoms with Crippen LogP contribution in [0.5, 0.6) is 0 Å². The molecule has 0 aromatic heterocycles. The van der Waals surface area contributed by atoms with Crippen molar-refractivity contribution in [3.63, 3.8) is 0 Å². The highest BCUT2D eigenvalue weighted by Gasteiger charge is 2.46. The number of hydrogen-bond acceptors (Lipinski definition) is 1. The molecule has 0 saturated carbocycles. The SMILES string of the molecule is Cc1ccccc1C1(C)CCNC1(C)C. The van der Waals surface area contributed by atoms with Gasteiger partial charge in [-0.05, 0) is 44.9 Å². The Hall–Kier alpha value is -0.820.